The smallest absolute Gasteiger partial charge is 0.326 e. The van der Waals surface area contributed by atoms with Gasteiger partial charge in [0.05, 0.1) is 6.04 Å². The summed E-state index contributed by atoms with van der Waals surface area (Å²) in [6, 6.07) is 25.9. The van der Waals surface area contributed by atoms with Gasteiger partial charge in [-0.1, -0.05) is 66.7 Å². The maximum Gasteiger partial charge on any atom is 0.326 e. The van der Waals surface area contributed by atoms with Gasteiger partial charge in [-0.05, 0) is 77.9 Å². The van der Waals surface area contributed by atoms with Gasteiger partial charge >= 0.3 is 16.1 Å². The van der Waals surface area contributed by atoms with E-state index in [4.69, 9.17) is 14.7 Å². The lowest BCUT2D eigenvalue weighted by molar-refractivity contribution is -0.150. The minimum Gasteiger partial charge on any atom is -0.459 e. The highest BCUT2D eigenvalue weighted by Crippen LogP contribution is 2.26. The lowest BCUT2D eigenvalue weighted by Gasteiger charge is -2.24. The summed E-state index contributed by atoms with van der Waals surface area (Å²) < 4.78 is 50.6. The maximum absolute atomic E-state index is 13.7. The number of halogens is 1. The largest absolute Gasteiger partial charge is 0.459 e. The van der Waals surface area contributed by atoms with Crippen LogP contribution in [0.2, 0.25) is 0 Å². The third-order valence-corrected chi connectivity index (χ3v) is 8.47. The van der Waals surface area contributed by atoms with Gasteiger partial charge in [-0.15, -0.1) is 0 Å². The number of aryl methyl sites for hydroxylation is 1. The molecule has 44 heavy (non-hydrogen) atoms. The molecule has 0 fully saturated rings. The molecule has 8 nitrogen and oxygen atoms in total. The fourth-order valence-corrected chi connectivity index (χ4v) is 6.20. The second-order valence-corrected chi connectivity index (χ2v) is 12.8. The van der Waals surface area contributed by atoms with Crippen LogP contribution >= 0.6 is 0 Å². The standard InChI is InChI=1S/C34H33FN2O6S/c1-34(36)20-25-9-5-8-23(16-25)10-15-31(27-11-13-29(35)14-12-27)37-32(38)28-17-26(21-42-33(34)39)18-30(19-28)43-44(40,41)22-24-6-3-2-4-7-24/h2-9,11-14,16-19,31H,10,15,20-22,36H2,1H3,(H,37,38). The summed E-state index contributed by atoms with van der Waals surface area (Å²) in [6.07, 6.45) is 1.27. The summed E-state index contributed by atoms with van der Waals surface area (Å²) in [7, 11) is -4.10. The Labute approximate surface area is 256 Å². The topological polar surface area (TPSA) is 125 Å². The molecule has 0 radical (unpaired) electrons. The molecule has 4 aromatic carbocycles. The Balaban J connectivity index is 1.51. The van der Waals surface area contributed by atoms with Gasteiger partial charge in [0.15, 0.2) is 0 Å². The number of fused-ring (bicyclic) bond motifs is 4. The first kappa shape index (κ1) is 30.9. The highest BCUT2D eigenvalue weighted by molar-refractivity contribution is 7.86. The second kappa shape index (κ2) is 13.0. The van der Waals surface area contributed by atoms with Crippen molar-refractivity contribution in [1.82, 2.24) is 5.32 Å². The molecule has 0 aromatic heterocycles. The number of carbonyl (C=O) groups excluding carboxylic acids is 2. The fraction of sp³-hybridized carbons (Fsp3) is 0.235. The lowest BCUT2D eigenvalue weighted by atomic mass is 9.91. The first-order valence-corrected chi connectivity index (χ1v) is 15.7. The predicted octanol–water partition coefficient (Wildman–Crippen LogP) is 5.16. The van der Waals surface area contributed by atoms with Crippen LogP contribution in [0.5, 0.6) is 5.75 Å². The zero-order chi connectivity index (χ0) is 31.3. The van der Waals surface area contributed by atoms with Gasteiger partial charge in [-0.3, -0.25) is 9.59 Å². The van der Waals surface area contributed by atoms with E-state index in [9.17, 15) is 22.4 Å². The van der Waals surface area contributed by atoms with Crippen LogP contribution in [-0.2, 0) is 44.9 Å². The van der Waals surface area contributed by atoms with E-state index in [0.29, 0.717) is 29.5 Å². The number of amides is 1. The van der Waals surface area contributed by atoms with Gasteiger partial charge < -0.3 is 20.0 Å². The molecule has 1 amide bonds. The zero-order valence-electron chi connectivity index (χ0n) is 24.2. The van der Waals surface area contributed by atoms with Crippen LogP contribution < -0.4 is 15.2 Å². The van der Waals surface area contributed by atoms with Crippen molar-refractivity contribution in [2.45, 2.75) is 50.1 Å². The Morgan fingerprint density at radius 3 is 2.41 bits per heavy atom. The van der Waals surface area contributed by atoms with Crippen molar-refractivity contribution in [2.75, 3.05) is 0 Å². The van der Waals surface area contributed by atoms with Crippen LogP contribution in [0.3, 0.4) is 0 Å². The molecule has 0 spiro atoms. The number of hydrogen-bond acceptors (Lipinski definition) is 7. The molecule has 1 aliphatic heterocycles. The van der Waals surface area contributed by atoms with E-state index in [1.807, 2.05) is 24.3 Å². The highest BCUT2D eigenvalue weighted by Gasteiger charge is 2.31. The average molecular weight is 617 g/mol. The summed E-state index contributed by atoms with van der Waals surface area (Å²) in [6.45, 7) is 1.31. The normalized spacial score (nSPS) is 19.5. The summed E-state index contributed by atoms with van der Waals surface area (Å²) in [5, 5.41) is 3.01. The maximum atomic E-state index is 13.7. The van der Waals surface area contributed by atoms with Crippen molar-refractivity contribution in [3.05, 3.63) is 136 Å². The molecule has 4 bridgehead atoms. The molecule has 0 saturated carbocycles. The molecule has 228 valence electrons. The first-order chi connectivity index (χ1) is 21.0. The van der Waals surface area contributed by atoms with Gasteiger partial charge in [-0.2, -0.15) is 8.42 Å². The Kier molecular flexibility index (Phi) is 9.12. The summed E-state index contributed by atoms with van der Waals surface area (Å²) in [4.78, 5) is 26.7. The molecule has 5 rings (SSSR count). The Hall–Kier alpha value is -4.54. The molecule has 4 aromatic rings. The van der Waals surface area contributed by atoms with Crippen LogP contribution in [0.25, 0.3) is 0 Å². The number of cyclic esters (lactones) is 1. The number of esters is 1. The van der Waals surface area contributed by atoms with Gasteiger partial charge in [0.1, 0.15) is 29.5 Å². The summed E-state index contributed by atoms with van der Waals surface area (Å²) in [5.41, 5.74) is 8.54. The second-order valence-electron chi connectivity index (χ2n) is 11.2. The molecule has 1 heterocycles. The number of hydrogen-bond donors (Lipinski definition) is 2. The molecule has 0 aliphatic carbocycles. The van der Waals surface area contributed by atoms with Crippen molar-refractivity contribution in [2.24, 2.45) is 5.73 Å². The first-order valence-electron chi connectivity index (χ1n) is 14.2. The van der Waals surface area contributed by atoms with E-state index in [1.54, 1.807) is 49.4 Å². The van der Waals surface area contributed by atoms with E-state index in [2.05, 4.69) is 5.32 Å². The van der Waals surface area contributed by atoms with Crippen LogP contribution in [-0.4, -0.2) is 25.8 Å². The van der Waals surface area contributed by atoms with Crippen LogP contribution in [0.1, 0.15) is 57.6 Å². The fourth-order valence-electron chi connectivity index (χ4n) is 5.15. The van der Waals surface area contributed by atoms with Crippen LogP contribution in [0.4, 0.5) is 4.39 Å². The zero-order valence-corrected chi connectivity index (χ0v) is 25.0. The van der Waals surface area contributed by atoms with Crippen LogP contribution in [0, 0.1) is 5.82 Å². The van der Waals surface area contributed by atoms with Gasteiger partial charge in [0.25, 0.3) is 5.91 Å². The third-order valence-electron chi connectivity index (χ3n) is 7.34. The number of carbonyl (C=O) groups is 2. The number of ether oxygens (including phenoxy) is 1. The molecule has 1 aliphatic rings. The van der Waals surface area contributed by atoms with Crippen molar-refractivity contribution >= 4 is 22.0 Å². The third kappa shape index (κ3) is 8.09. The SMILES string of the molecule is CC1(N)Cc2cccc(c2)CCC(c2ccc(F)cc2)NC(=O)c2cc(cc(OS(=O)(=O)Cc3ccccc3)c2)COC1=O. The summed E-state index contributed by atoms with van der Waals surface area (Å²) >= 11 is 0. The van der Waals surface area contributed by atoms with Crippen molar-refractivity contribution in [1.29, 1.82) is 0 Å². The van der Waals surface area contributed by atoms with E-state index in [1.165, 1.54) is 30.3 Å². The molecular weight excluding hydrogens is 583 g/mol. The highest BCUT2D eigenvalue weighted by atomic mass is 32.2. The molecular formula is C34H33FN2O6S. The molecule has 3 N–H and O–H groups in total. The number of rotatable bonds is 5. The summed E-state index contributed by atoms with van der Waals surface area (Å²) in [5.74, 6) is -2.05. The molecule has 10 heteroatoms. The van der Waals surface area contributed by atoms with E-state index in [0.717, 1.165) is 11.1 Å². The number of nitrogens with one attached hydrogen (secondary N) is 1. The van der Waals surface area contributed by atoms with Crippen molar-refractivity contribution in [3.63, 3.8) is 0 Å². The minimum atomic E-state index is -4.10. The average Bonchev–Trinajstić information content (AvgIpc) is 2.98. The van der Waals surface area contributed by atoms with Gasteiger partial charge in [-0.25, -0.2) is 4.39 Å². The van der Waals surface area contributed by atoms with Crippen LogP contribution in [0.15, 0.2) is 97.1 Å². The van der Waals surface area contributed by atoms with Crippen molar-refractivity contribution in [3.8, 4) is 5.75 Å². The van der Waals surface area contributed by atoms with E-state index < -0.39 is 39.4 Å². The molecule has 2 atom stereocenters. The monoisotopic (exact) mass is 616 g/mol. The Morgan fingerprint density at radius 1 is 0.932 bits per heavy atom. The van der Waals surface area contributed by atoms with Gasteiger partial charge in [0.2, 0.25) is 0 Å². The number of benzene rings is 4. The Morgan fingerprint density at radius 2 is 1.66 bits per heavy atom. The van der Waals surface area contributed by atoms with E-state index >= 15 is 0 Å². The molecule has 0 saturated heterocycles. The lowest BCUT2D eigenvalue weighted by Crippen LogP contribution is -2.48. The quantitative estimate of drug-likeness (QED) is 0.235. The van der Waals surface area contributed by atoms with E-state index in [-0.39, 0.29) is 30.1 Å². The van der Waals surface area contributed by atoms with Gasteiger partial charge in [0, 0.05) is 12.0 Å². The predicted molar refractivity (Wildman–Crippen MR) is 164 cm³/mol. The van der Waals surface area contributed by atoms with Crippen molar-refractivity contribution < 1.29 is 31.3 Å². The molecule has 2 unspecified atom stereocenters. The Bertz CT molecular complexity index is 1760. The minimum absolute atomic E-state index is 0.0974. The number of nitrogens with two attached hydrogens (primary N) is 1.